The van der Waals surface area contributed by atoms with Gasteiger partial charge >= 0.3 is 0 Å². The van der Waals surface area contributed by atoms with Crippen LogP contribution >= 0.6 is 0 Å². The lowest BCUT2D eigenvalue weighted by atomic mass is 10.0. The Labute approximate surface area is 142 Å². The summed E-state index contributed by atoms with van der Waals surface area (Å²) in [6.07, 6.45) is 1.82. The number of benzene rings is 1. The van der Waals surface area contributed by atoms with Crippen molar-refractivity contribution in [3.8, 4) is 0 Å². The molecule has 6 heteroatoms. The molecule has 0 saturated carbocycles. The Kier molecular flexibility index (Phi) is 4.41. The SMILES string of the molecule is CC(C(=O)N(C)C1CCN(C)CC1)N1C(=O)c2ccccc2C1=O. The quantitative estimate of drug-likeness (QED) is 0.783. The maximum Gasteiger partial charge on any atom is 0.262 e. The van der Waals surface area contributed by atoms with Gasteiger partial charge in [-0.15, -0.1) is 0 Å². The third kappa shape index (κ3) is 2.71. The van der Waals surface area contributed by atoms with Crippen LogP contribution in [0.15, 0.2) is 24.3 Å². The van der Waals surface area contributed by atoms with Crippen molar-refractivity contribution in [3.63, 3.8) is 0 Å². The Hall–Kier alpha value is -2.21. The fourth-order valence-corrected chi connectivity index (χ4v) is 3.53. The molecule has 24 heavy (non-hydrogen) atoms. The van der Waals surface area contributed by atoms with Crippen LogP contribution in [-0.2, 0) is 4.79 Å². The third-order valence-electron chi connectivity index (χ3n) is 5.15. The van der Waals surface area contributed by atoms with E-state index < -0.39 is 6.04 Å². The molecule has 6 nitrogen and oxygen atoms in total. The lowest BCUT2D eigenvalue weighted by molar-refractivity contribution is -0.136. The molecule has 3 rings (SSSR count). The molecule has 1 fully saturated rings. The van der Waals surface area contributed by atoms with Crippen LogP contribution in [0.5, 0.6) is 0 Å². The van der Waals surface area contributed by atoms with Crippen molar-refractivity contribution in [1.82, 2.24) is 14.7 Å². The van der Waals surface area contributed by atoms with Crippen LogP contribution in [-0.4, -0.2) is 71.7 Å². The largest absolute Gasteiger partial charge is 0.341 e. The molecule has 1 aromatic carbocycles. The van der Waals surface area contributed by atoms with Crippen molar-refractivity contribution in [2.24, 2.45) is 0 Å². The molecule has 0 aliphatic carbocycles. The van der Waals surface area contributed by atoms with Crippen molar-refractivity contribution in [2.45, 2.75) is 31.8 Å². The van der Waals surface area contributed by atoms with Gasteiger partial charge in [-0.05, 0) is 52.0 Å². The highest BCUT2D eigenvalue weighted by Crippen LogP contribution is 2.25. The molecule has 1 unspecified atom stereocenters. The van der Waals surface area contributed by atoms with Gasteiger partial charge in [0, 0.05) is 13.1 Å². The van der Waals surface area contributed by atoms with Crippen molar-refractivity contribution < 1.29 is 14.4 Å². The number of rotatable bonds is 3. The number of fused-ring (bicyclic) bond motifs is 1. The van der Waals surface area contributed by atoms with E-state index in [1.165, 1.54) is 0 Å². The zero-order valence-corrected chi connectivity index (χ0v) is 14.4. The van der Waals surface area contributed by atoms with E-state index in [0.29, 0.717) is 11.1 Å². The molecule has 0 bridgehead atoms. The summed E-state index contributed by atoms with van der Waals surface area (Å²) in [5.41, 5.74) is 0.758. The molecule has 1 saturated heterocycles. The van der Waals surface area contributed by atoms with Gasteiger partial charge in [-0.25, -0.2) is 0 Å². The maximum atomic E-state index is 12.8. The summed E-state index contributed by atoms with van der Waals surface area (Å²) in [5.74, 6) is -0.944. The number of hydrogen-bond donors (Lipinski definition) is 0. The summed E-state index contributed by atoms with van der Waals surface area (Å²) in [4.78, 5) is 42.9. The molecule has 2 heterocycles. The van der Waals surface area contributed by atoms with Crippen LogP contribution in [0.1, 0.15) is 40.5 Å². The number of piperidine rings is 1. The predicted octanol–water partition coefficient (Wildman–Crippen LogP) is 1.22. The molecule has 1 atom stereocenters. The van der Waals surface area contributed by atoms with E-state index in [1.807, 2.05) is 0 Å². The molecule has 0 radical (unpaired) electrons. The summed E-state index contributed by atoms with van der Waals surface area (Å²) in [7, 11) is 3.84. The second-order valence-corrected chi connectivity index (χ2v) is 6.69. The minimum Gasteiger partial charge on any atom is -0.341 e. The second kappa shape index (κ2) is 6.36. The van der Waals surface area contributed by atoms with Gasteiger partial charge in [0.05, 0.1) is 11.1 Å². The summed E-state index contributed by atoms with van der Waals surface area (Å²) in [6, 6.07) is 6.09. The number of likely N-dealkylation sites (tertiary alicyclic amines) is 1. The van der Waals surface area contributed by atoms with Gasteiger partial charge in [-0.3, -0.25) is 19.3 Å². The van der Waals surface area contributed by atoms with Crippen LogP contribution in [0.2, 0.25) is 0 Å². The lowest BCUT2D eigenvalue weighted by Crippen LogP contribution is -2.52. The maximum absolute atomic E-state index is 12.8. The number of hydrogen-bond acceptors (Lipinski definition) is 4. The smallest absolute Gasteiger partial charge is 0.262 e. The molecule has 2 aliphatic heterocycles. The molecule has 128 valence electrons. The van der Waals surface area contributed by atoms with E-state index >= 15 is 0 Å². The van der Waals surface area contributed by atoms with Crippen LogP contribution in [0, 0.1) is 0 Å². The number of nitrogens with zero attached hydrogens (tertiary/aromatic N) is 3. The predicted molar refractivity (Wildman–Crippen MR) is 89.7 cm³/mol. The zero-order chi connectivity index (χ0) is 17.4. The van der Waals surface area contributed by atoms with Crippen molar-refractivity contribution in [2.75, 3.05) is 27.2 Å². The zero-order valence-electron chi connectivity index (χ0n) is 14.4. The van der Waals surface area contributed by atoms with Crippen molar-refractivity contribution in [1.29, 1.82) is 0 Å². The molecule has 0 aromatic heterocycles. The average Bonchev–Trinajstić information content (AvgIpc) is 2.85. The molecule has 1 aromatic rings. The number of carbonyl (C=O) groups is 3. The van der Waals surface area contributed by atoms with Crippen LogP contribution in [0.25, 0.3) is 0 Å². The van der Waals surface area contributed by atoms with Gasteiger partial charge in [0.2, 0.25) is 5.91 Å². The van der Waals surface area contributed by atoms with E-state index in [9.17, 15) is 14.4 Å². The van der Waals surface area contributed by atoms with Gasteiger partial charge in [-0.2, -0.15) is 0 Å². The Morgan fingerprint density at radius 3 is 2.12 bits per heavy atom. The lowest BCUT2D eigenvalue weighted by Gasteiger charge is -2.37. The Morgan fingerprint density at radius 1 is 1.12 bits per heavy atom. The highest BCUT2D eigenvalue weighted by atomic mass is 16.2. The minimum absolute atomic E-state index is 0.159. The standard InChI is InChI=1S/C18H23N3O3/c1-12(16(22)20(3)13-8-10-19(2)11-9-13)21-17(23)14-6-4-5-7-15(14)18(21)24/h4-7,12-13H,8-11H2,1-3H3. The minimum atomic E-state index is -0.790. The highest BCUT2D eigenvalue weighted by molar-refractivity contribution is 6.22. The number of carbonyl (C=O) groups excluding carboxylic acids is 3. The first-order valence-corrected chi connectivity index (χ1v) is 8.34. The first kappa shape index (κ1) is 16.6. The monoisotopic (exact) mass is 329 g/mol. The van der Waals surface area contributed by atoms with Gasteiger partial charge in [-0.1, -0.05) is 12.1 Å². The van der Waals surface area contributed by atoms with Gasteiger partial charge in [0.1, 0.15) is 6.04 Å². The van der Waals surface area contributed by atoms with Crippen LogP contribution in [0.3, 0.4) is 0 Å². The van der Waals surface area contributed by atoms with E-state index in [0.717, 1.165) is 30.8 Å². The first-order chi connectivity index (χ1) is 11.4. The number of likely N-dealkylation sites (N-methyl/N-ethyl adjacent to an activating group) is 1. The fourth-order valence-electron chi connectivity index (χ4n) is 3.53. The molecule has 2 aliphatic rings. The average molecular weight is 329 g/mol. The third-order valence-corrected chi connectivity index (χ3v) is 5.15. The number of amides is 3. The van der Waals surface area contributed by atoms with Crippen molar-refractivity contribution >= 4 is 17.7 Å². The van der Waals surface area contributed by atoms with Crippen LogP contribution in [0.4, 0.5) is 0 Å². The van der Waals surface area contributed by atoms with E-state index in [1.54, 1.807) is 43.1 Å². The normalized spacial score (nSPS) is 20.2. The Bertz CT molecular complexity index is 645. The highest BCUT2D eigenvalue weighted by Gasteiger charge is 2.42. The fraction of sp³-hybridized carbons (Fsp3) is 0.500. The first-order valence-electron chi connectivity index (χ1n) is 8.34. The van der Waals surface area contributed by atoms with E-state index in [-0.39, 0.29) is 23.8 Å². The summed E-state index contributed by atoms with van der Waals surface area (Å²) < 4.78 is 0. The summed E-state index contributed by atoms with van der Waals surface area (Å²) in [5, 5.41) is 0. The molecule has 0 spiro atoms. The van der Waals surface area contributed by atoms with Gasteiger partial charge in [0.15, 0.2) is 0 Å². The topological polar surface area (TPSA) is 60.9 Å². The molecular weight excluding hydrogens is 306 g/mol. The molecule has 3 amide bonds. The van der Waals surface area contributed by atoms with Gasteiger partial charge < -0.3 is 9.80 Å². The second-order valence-electron chi connectivity index (χ2n) is 6.69. The van der Waals surface area contributed by atoms with Crippen molar-refractivity contribution in [3.05, 3.63) is 35.4 Å². The molecule has 0 N–H and O–H groups in total. The Balaban J connectivity index is 1.75. The van der Waals surface area contributed by atoms with Crippen LogP contribution < -0.4 is 0 Å². The van der Waals surface area contributed by atoms with Gasteiger partial charge in [0.25, 0.3) is 11.8 Å². The molecular formula is C18H23N3O3. The Morgan fingerprint density at radius 2 is 1.62 bits per heavy atom. The van der Waals surface area contributed by atoms with E-state index in [4.69, 9.17) is 0 Å². The summed E-state index contributed by atoms with van der Waals surface area (Å²) in [6.45, 7) is 3.53. The van der Waals surface area contributed by atoms with E-state index in [2.05, 4.69) is 11.9 Å². The number of imide groups is 1. The summed E-state index contributed by atoms with van der Waals surface area (Å²) >= 11 is 0.